The van der Waals surface area contributed by atoms with E-state index in [1.165, 1.54) is 10.6 Å². The summed E-state index contributed by atoms with van der Waals surface area (Å²) < 4.78 is 0. The van der Waals surface area contributed by atoms with Crippen molar-refractivity contribution in [3.05, 3.63) is 12.7 Å². The predicted octanol–water partition coefficient (Wildman–Crippen LogP) is 0.281. The van der Waals surface area contributed by atoms with Crippen LogP contribution in [0.25, 0.3) is 0 Å². The van der Waals surface area contributed by atoms with Crippen LogP contribution in [0.5, 0.6) is 0 Å². The van der Waals surface area contributed by atoms with Crippen molar-refractivity contribution in [2.24, 2.45) is 0 Å². The molecule has 0 aliphatic heterocycles. The van der Waals surface area contributed by atoms with Gasteiger partial charge >= 0.3 is 0 Å². The Kier molecular flexibility index (Phi) is 15.2. The summed E-state index contributed by atoms with van der Waals surface area (Å²) in [6.45, 7) is 5.88. The highest BCUT2D eigenvalue weighted by Gasteiger charge is 1.79. The van der Waals surface area contributed by atoms with Crippen molar-refractivity contribution < 1.29 is 0 Å². The van der Waals surface area contributed by atoms with Gasteiger partial charge in [0.2, 0.25) is 15.2 Å². The molecule has 0 amide bonds. The molecule has 0 aromatic rings. The Morgan fingerprint density at radius 2 is 2.29 bits per heavy atom. The van der Waals surface area contributed by atoms with Gasteiger partial charge in [0.15, 0.2) is 17.4 Å². The van der Waals surface area contributed by atoms with Crippen molar-refractivity contribution in [1.29, 1.82) is 0 Å². The van der Waals surface area contributed by atoms with Gasteiger partial charge in [0, 0.05) is 0 Å². The van der Waals surface area contributed by atoms with Gasteiger partial charge in [-0.1, -0.05) is 17.5 Å². The predicted molar refractivity (Wildman–Crippen MR) is 42.6 cm³/mol. The maximum Gasteiger partial charge on any atom is 0.241 e. The second-order valence-electron chi connectivity index (χ2n) is 1.43. The highest BCUT2D eigenvalue weighted by molar-refractivity contribution is 6.35. The van der Waals surface area contributed by atoms with Gasteiger partial charge < -0.3 is 0 Å². The molecule has 0 saturated carbocycles. The number of allylic oxidation sites excluding steroid dienone is 1. The summed E-state index contributed by atoms with van der Waals surface area (Å²) in [7, 11) is 0. The van der Waals surface area contributed by atoms with Crippen molar-refractivity contribution in [2.45, 2.75) is 17.5 Å². The third-order valence-corrected chi connectivity index (χ3v) is 2.29. The highest BCUT2D eigenvalue weighted by atomic mass is 27.1. The third-order valence-electron chi connectivity index (χ3n) is 0.762. The minimum absolute atomic E-state index is 0. The van der Waals surface area contributed by atoms with Crippen LogP contribution in [0.2, 0.25) is 10.6 Å². The van der Waals surface area contributed by atoms with E-state index >= 15 is 0 Å². The minimum atomic E-state index is 0. The first-order valence-corrected chi connectivity index (χ1v) is 4.52. The molecular formula is C5H14Al2. The average molecular weight is 128 g/mol. The average Bonchev–Trinajstić information content (AvgIpc) is 1.61. The zero-order valence-electron chi connectivity index (χ0n) is 4.41. The fourth-order valence-electron chi connectivity index (χ4n) is 0.348. The first-order valence-electron chi connectivity index (χ1n) is 2.52. The Balaban J connectivity index is 0. The van der Waals surface area contributed by atoms with E-state index < -0.39 is 0 Å². The molecule has 0 atom stereocenters. The second kappa shape index (κ2) is 9.93. The maximum atomic E-state index is 3.63. The van der Waals surface area contributed by atoms with E-state index in [0.717, 1.165) is 0 Å². The minimum Gasteiger partial charge on any atom is -0.105 e. The van der Waals surface area contributed by atoms with Gasteiger partial charge in [0.1, 0.15) is 0 Å². The number of hydrogen-bond acceptors (Lipinski definition) is 0. The molecule has 0 radical (unpaired) electrons. The van der Waals surface area contributed by atoms with E-state index in [1.807, 2.05) is 6.08 Å². The van der Waals surface area contributed by atoms with Crippen LogP contribution in [0, 0.1) is 0 Å². The third kappa shape index (κ3) is 10.9. The fourth-order valence-corrected chi connectivity index (χ4v) is 1.05. The Morgan fingerprint density at radius 1 is 1.71 bits per heavy atom. The smallest absolute Gasteiger partial charge is 0.105 e. The van der Waals surface area contributed by atoms with E-state index in [9.17, 15) is 0 Å². The molecule has 0 N–H and O–H groups in total. The molecule has 2 heteroatoms. The van der Waals surface area contributed by atoms with Crippen LogP contribution in [0.3, 0.4) is 0 Å². The Bertz CT molecular complexity index is 35.1. The van der Waals surface area contributed by atoms with Crippen molar-refractivity contribution >= 4 is 32.6 Å². The highest BCUT2D eigenvalue weighted by Crippen LogP contribution is 1.81. The van der Waals surface area contributed by atoms with Gasteiger partial charge in [0.05, 0.1) is 0 Å². The summed E-state index contributed by atoms with van der Waals surface area (Å²) >= 11 is 0.304. The Labute approximate surface area is 62.8 Å². The molecule has 0 nitrogen and oxygen atoms in total. The zero-order chi connectivity index (χ0) is 4.83. The van der Waals surface area contributed by atoms with Gasteiger partial charge in [-0.15, -0.1) is 12.7 Å². The maximum absolute atomic E-state index is 3.63. The largest absolute Gasteiger partial charge is 0.241 e. The first kappa shape index (κ1) is 10.7. The second-order valence-corrected chi connectivity index (χ2v) is 3.72. The normalized spacial score (nSPS) is 6.43. The summed E-state index contributed by atoms with van der Waals surface area (Å²) in [5, 5.41) is 2.74. The van der Waals surface area contributed by atoms with Gasteiger partial charge in [-0.3, -0.25) is 0 Å². The molecule has 0 aliphatic carbocycles. The zero-order valence-corrected chi connectivity index (χ0v) is 5.82. The van der Waals surface area contributed by atoms with Gasteiger partial charge in [0.25, 0.3) is 0 Å². The summed E-state index contributed by atoms with van der Waals surface area (Å²) in [6, 6.07) is 0. The quantitative estimate of drug-likeness (QED) is 0.291. The number of rotatable bonds is 3. The summed E-state index contributed by atoms with van der Waals surface area (Å²) in [5.74, 6) is 0. The van der Waals surface area contributed by atoms with E-state index in [2.05, 4.69) is 13.5 Å². The Morgan fingerprint density at radius 3 is 2.43 bits per heavy atom. The molecule has 40 valence electrons. The first-order chi connectivity index (χ1) is 2.91. The lowest BCUT2D eigenvalue weighted by Crippen LogP contribution is -1.78. The van der Waals surface area contributed by atoms with Crippen LogP contribution in [-0.2, 0) is 0 Å². The van der Waals surface area contributed by atoms with Crippen molar-refractivity contribution in [3.63, 3.8) is 0 Å². The van der Waals surface area contributed by atoms with Crippen LogP contribution in [0.4, 0.5) is 0 Å². The van der Waals surface area contributed by atoms with Crippen LogP contribution in [0.1, 0.15) is 6.92 Å². The molecule has 0 aliphatic rings. The number of hydrogen-bond donors (Lipinski definition) is 0. The van der Waals surface area contributed by atoms with Crippen LogP contribution in [0.15, 0.2) is 12.7 Å². The lowest BCUT2D eigenvalue weighted by Gasteiger charge is -1.76. The molecule has 0 aromatic heterocycles. The molecule has 0 unspecified atom stereocenters. The standard InChI is InChI=1S/C3H5.C2H5.2Al.4H/c1-3-2;1-2;;;;;;/h3H,1-2H2;1H2,2H3;;;;;;. The van der Waals surface area contributed by atoms with Crippen molar-refractivity contribution in [2.75, 3.05) is 0 Å². The van der Waals surface area contributed by atoms with Crippen LogP contribution >= 0.6 is 0 Å². The summed E-state index contributed by atoms with van der Waals surface area (Å²) in [5.41, 5.74) is 0. The molecule has 0 heterocycles. The Hall–Kier alpha value is 0.805. The lowest BCUT2D eigenvalue weighted by atomic mass is 10.8. The van der Waals surface area contributed by atoms with Crippen LogP contribution in [-0.4, -0.2) is 32.6 Å². The van der Waals surface area contributed by atoms with Crippen LogP contribution < -0.4 is 0 Å². The van der Waals surface area contributed by atoms with E-state index in [1.54, 1.807) is 0 Å². The van der Waals surface area contributed by atoms with Crippen molar-refractivity contribution in [3.8, 4) is 0 Å². The molecule has 0 rings (SSSR count). The lowest BCUT2D eigenvalue weighted by molar-refractivity contribution is 1.43. The SMILES string of the molecule is C=C[CH2][AlH][CH2]C.[AlH3]. The van der Waals surface area contributed by atoms with Gasteiger partial charge in [-0.25, -0.2) is 0 Å². The summed E-state index contributed by atoms with van der Waals surface area (Å²) in [6.07, 6.45) is 2.02. The summed E-state index contributed by atoms with van der Waals surface area (Å²) in [4.78, 5) is 0. The molecular weight excluding hydrogens is 114 g/mol. The topological polar surface area (TPSA) is 0 Å². The van der Waals surface area contributed by atoms with Crippen molar-refractivity contribution in [1.82, 2.24) is 0 Å². The molecule has 0 fully saturated rings. The molecule has 7 heavy (non-hydrogen) atoms. The molecule has 0 saturated heterocycles. The van der Waals surface area contributed by atoms with Gasteiger partial charge in [-0.05, 0) is 0 Å². The molecule has 0 spiro atoms. The van der Waals surface area contributed by atoms with E-state index in [4.69, 9.17) is 0 Å². The molecule has 0 aromatic carbocycles. The van der Waals surface area contributed by atoms with E-state index in [-0.39, 0.29) is 17.4 Å². The monoisotopic (exact) mass is 128 g/mol. The van der Waals surface area contributed by atoms with E-state index in [0.29, 0.717) is 15.2 Å². The fraction of sp³-hybridized carbons (Fsp3) is 0.600. The van der Waals surface area contributed by atoms with Gasteiger partial charge in [-0.2, -0.15) is 0 Å². The molecule has 0 bridgehead atoms.